The Balaban J connectivity index is -0.0000000167. The minimum absolute atomic E-state index is 0. The van der Waals surface area contributed by atoms with Crippen molar-refractivity contribution in [1.82, 2.24) is 0 Å². The first-order valence-corrected chi connectivity index (χ1v) is 1.67. The zero-order valence-corrected chi connectivity index (χ0v) is 9.27. The molecule has 1 aromatic carbocycles. The van der Waals surface area contributed by atoms with Crippen LogP contribution in [0.15, 0.2) is 30.3 Å². The van der Waals surface area contributed by atoms with Gasteiger partial charge in [0.05, 0.1) is 0 Å². The maximum Gasteiger partial charge on any atom is 4.00 e. The van der Waals surface area contributed by atoms with Gasteiger partial charge in [-0.1, -0.05) is 0 Å². The maximum atomic E-state index is 2.00. The molecule has 0 aliphatic rings. The average molecular weight is 258 g/mol. The minimum atomic E-state index is 0. The van der Waals surface area contributed by atoms with Crippen LogP contribution >= 0.6 is 0 Å². The largest absolute Gasteiger partial charge is 4.00 e. The Bertz CT molecular complexity index is 70.1. The molecule has 0 bridgehead atoms. The van der Waals surface area contributed by atoms with E-state index in [4.69, 9.17) is 0 Å². The van der Waals surface area contributed by atoms with E-state index < -0.39 is 0 Å². The molecule has 5 heteroatoms. The van der Waals surface area contributed by atoms with Gasteiger partial charge in [-0.05, 0) is 0 Å². The van der Waals surface area contributed by atoms with E-state index in [2.05, 4.69) is 0 Å². The van der Waals surface area contributed by atoms with Gasteiger partial charge in [0.25, 0.3) is 0 Å². The molecule has 0 saturated heterocycles. The van der Waals surface area contributed by atoms with E-state index >= 15 is 0 Å². The summed E-state index contributed by atoms with van der Waals surface area (Å²) in [4.78, 5) is 0. The molecule has 1 rings (SSSR count). The Morgan fingerprint density at radius 1 is 0.700 bits per heavy atom. The van der Waals surface area contributed by atoms with Crippen molar-refractivity contribution in [3.05, 3.63) is 30.3 Å². The van der Waals surface area contributed by atoms with E-state index in [0.717, 1.165) is 0 Å². The fourth-order valence-corrected chi connectivity index (χ4v) is 0.321. The molecular weight excluding hydrogens is 253 g/mol. The second-order valence-electron chi connectivity index (χ2n) is 0.962. The minimum Gasteiger partial charge on any atom is -1.00 e. The van der Waals surface area contributed by atoms with E-state index in [-0.39, 0.29) is 68.2 Å². The predicted molar refractivity (Wildman–Crippen MR) is 22.0 cm³/mol. The van der Waals surface area contributed by atoms with Crippen LogP contribution in [0.25, 0.3) is 0 Å². The summed E-state index contributed by atoms with van der Waals surface area (Å²) in [5, 5.41) is 0. The van der Waals surface area contributed by atoms with Crippen molar-refractivity contribution >= 4 is 0 Å². The molecule has 0 amide bonds. The van der Waals surface area contributed by atoms with Gasteiger partial charge in [-0.2, -0.15) is 18.2 Å². The molecule has 0 heterocycles. The van der Waals surface area contributed by atoms with E-state index in [9.17, 15) is 0 Å². The summed E-state index contributed by atoms with van der Waals surface area (Å²) in [5.41, 5.74) is 0. The van der Waals surface area contributed by atoms with Crippen LogP contribution in [0.2, 0.25) is 0 Å². The molecule has 10 heavy (non-hydrogen) atoms. The number of hydrogen-bond acceptors (Lipinski definition) is 0. The van der Waals surface area contributed by atoms with Gasteiger partial charge in [-0.25, -0.2) is 12.1 Å². The van der Waals surface area contributed by atoms with Crippen LogP contribution in [-0.4, -0.2) is 0 Å². The Morgan fingerprint density at radius 2 is 1.00 bits per heavy atom. The predicted octanol–water partition coefficient (Wildman–Crippen LogP) is -10.6. The Kier molecular flexibility index (Phi) is 68.4. The van der Waals surface area contributed by atoms with Crippen LogP contribution in [-0.2, 0) is 18.6 Å². The van der Waals surface area contributed by atoms with Gasteiger partial charge in [0, 0.05) is 0 Å². The monoisotopic (exact) mass is 256 g/mol. The standard InChI is InChI=1S/C5H5.4ClH.V/c1-2-4-5-3-1;;;;;/h1-5H;4*1H;/q-1;;;;;+4/p-4. The van der Waals surface area contributed by atoms with E-state index in [1.165, 1.54) is 0 Å². The van der Waals surface area contributed by atoms with Crippen molar-refractivity contribution in [3.63, 3.8) is 0 Å². The normalized spacial score (nSPS) is 4.00. The van der Waals surface area contributed by atoms with Crippen LogP contribution < -0.4 is 49.6 Å². The van der Waals surface area contributed by atoms with Gasteiger partial charge in [-0.3, -0.25) is 0 Å². The molecule has 0 aliphatic heterocycles. The van der Waals surface area contributed by atoms with Gasteiger partial charge in [-0.15, -0.1) is 0 Å². The van der Waals surface area contributed by atoms with Crippen molar-refractivity contribution in [2.75, 3.05) is 0 Å². The van der Waals surface area contributed by atoms with E-state index in [1.807, 2.05) is 30.3 Å². The topological polar surface area (TPSA) is 0 Å². The van der Waals surface area contributed by atoms with E-state index in [1.54, 1.807) is 0 Å². The molecule has 0 atom stereocenters. The Hall–Kier alpha value is 1.09. The molecule has 1 radical (unpaired) electrons. The zero-order chi connectivity index (χ0) is 3.54. The van der Waals surface area contributed by atoms with Gasteiger partial charge in [0.1, 0.15) is 0 Å². The van der Waals surface area contributed by atoms with Crippen LogP contribution in [0, 0.1) is 0 Å². The molecule has 0 unspecified atom stereocenters. The SMILES string of the molecule is [Cl-].[Cl-].[Cl-].[Cl-].[V+4].c1cc[cH-]c1. The first-order chi connectivity index (χ1) is 2.50. The summed E-state index contributed by atoms with van der Waals surface area (Å²) in [6.45, 7) is 0. The number of halogens is 4. The fourth-order valence-electron chi connectivity index (χ4n) is 0.321. The molecule has 0 aromatic heterocycles. The average Bonchev–Trinajstić information content (AvgIpc) is 1.76. The number of hydrogen-bond donors (Lipinski definition) is 0. The third-order valence-electron chi connectivity index (χ3n) is 0.556. The third kappa shape index (κ3) is 16.0. The first-order valence-electron chi connectivity index (χ1n) is 1.67. The van der Waals surface area contributed by atoms with Gasteiger partial charge in [0.2, 0.25) is 0 Å². The molecule has 0 fully saturated rings. The smallest absolute Gasteiger partial charge is 1.00 e. The van der Waals surface area contributed by atoms with Crippen LogP contribution in [0.5, 0.6) is 0 Å². The summed E-state index contributed by atoms with van der Waals surface area (Å²) in [6.07, 6.45) is 0. The summed E-state index contributed by atoms with van der Waals surface area (Å²) in [5.74, 6) is 0. The molecule has 59 valence electrons. The molecule has 1 aromatic rings. The van der Waals surface area contributed by atoms with Crippen molar-refractivity contribution in [3.8, 4) is 0 Å². The summed E-state index contributed by atoms with van der Waals surface area (Å²) in [6, 6.07) is 10.0. The van der Waals surface area contributed by atoms with Crippen molar-refractivity contribution in [2.45, 2.75) is 0 Å². The fraction of sp³-hybridized carbons (Fsp3) is 0. The molecule has 0 nitrogen and oxygen atoms in total. The van der Waals surface area contributed by atoms with Crippen LogP contribution in [0.1, 0.15) is 0 Å². The van der Waals surface area contributed by atoms with Crippen molar-refractivity contribution in [2.24, 2.45) is 0 Å². The summed E-state index contributed by atoms with van der Waals surface area (Å²) in [7, 11) is 0. The first kappa shape index (κ1) is 30.4. The molecule has 0 spiro atoms. The van der Waals surface area contributed by atoms with Gasteiger partial charge < -0.3 is 49.6 Å². The van der Waals surface area contributed by atoms with Crippen molar-refractivity contribution in [1.29, 1.82) is 0 Å². The third-order valence-corrected chi connectivity index (χ3v) is 0.556. The second kappa shape index (κ2) is 22.5. The van der Waals surface area contributed by atoms with E-state index in [0.29, 0.717) is 0 Å². The maximum absolute atomic E-state index is 2.00. The molecule has 0 aliphatic carbocycles. The molecule has 0 saturated carbocycles. The van der Waals surface area contributed by atoms with Gasteiger partial charge in [0.15, 0.2) is 0 Å². The summed E-state index contributed by atoms with van der Waals surface area (Å²) < 4.78 is 0. The van der Waals surface area contributed by atoms with Crippen LogP contribution in [0.3, 0.4) is 0 Å². The Morgan fingerprint density at radius 3 is 1.10 bits per heavy atom. The quantitative estimate of drug-likeness (QED) is 0.405. The van der Waals surface area contributed by atoms with Gasteiger partial charge >= 0.3 is 18.6 Å². The zero-order valence-electron chi connectivity index (χ0n) is 4.85. The Labute approximate surface area is 98.0 Å². The summed E-state index contributed by atoms with van der Waals surface area (Å²) >= 11 is 0. The van der Waals surface area contributed by atoms with Crippen LogP contribution in [0.4, 0.5) is 0 Å². The van der Waals surface area contributed by atoms with Crippen molar-refractivity contribution < 1.29 is 68.2 Å². The second-order valence-corrected chi connectivity index (χ2v) is 0.962. The molecule has 0 N–H and O–H groups in total. The number of rotatable bonds is 0. The molecular formula is C5H5Cl4V-.